The van der Waals surface area contributed by atoms with E-state index in [9.17, 15) is 4.79 Å². The molecule has 84 valence electrons. The van der Waals surface area contributed by atoms with E-state index in [1.54, 1.807) is 4.68 Å². The maximum Gasteiger partial charge on any atom is 0.271 e. The molecule has 0 fully saturated rings. The smallest absolute Gasteiger partial charge is 0.271 e. The summed E-state index contributed by atoms with van der Waals surface area (Å²) in [5, 5.41) is 3.23. The van der Waals surface area contributed by atoms with Crippen LogP contribution in [0.2, 0.25) is 0 Å². The molecule has 0 saturated heterocycles. The van der Waals surface area contributed by atoms with Gasteiger partial charge in [0.1, 0.15) is 0 Å². The van der Waals surface area contributed by atoms with Gasteiger partial charge in [-0.05, 0) is 13.0 Å². The van der Waals surface area contributed by atoms with Crippen LogP contribution in [0.25, 0.3) is 0 Å². The third-order valence-electron chi connectivity index (χ3n) is 2.86. The molecule has 2 heterocycles. The van der Waals surface area contributed by atoms with Gasteiger partial charge in [0.05, 0.1) is 5.56 Å². The van der Waals surface area contributed by atoms with Crippen molar-refractivity contribution in [1.29, 1.82) is 0 Å². The Balaban J connectivity index is 2.33. The summed E-state index contributed by atoms with van der Waals surface area (Å²) in [7, 11) is 2.06. The van der Waals surface area contributed by atoms with Crippen molar-refractivity contribution in [3.8, 4) is 0 Å². The summed E-state index contributed by atoms with van der Waals surface area (Å²) in [6.45, 7) is 6.86. The Morgan fingerprint density at radius 3 is 2.87 bits per heavy atom. The minimum atomic E-state index is 0.172. The monoisotopic (exact) mass is 209 g/mol. The SMILES string of the molecule is CC(C)Cn1[nH]c2c(c1=O)CN(C)CC2. The molecule has 0 amide bonds. The van der Waals surface area contributed by atoms with E-state index in [0.29, 0.717) is 5.92 Å². The molecule has 15 heavy (non-hydrogen) atoms. The van der Waals surface area contributed by atoms with Gasteiger partial charge in [-0.25, -0.2) is 0 Å². The molecule has 1 N–H and O–H groups in total. The average Bonchev–Trinajstić information content (AvgIpc) is 2.44. The third-order valence-corrected chi connectivity index (χ3v) is 2.86. The number of H-pyrrole nitrogens is 1. The zero-order chi connectivity index (χ0) is 11.0. The predicted octanol–water partition coefficient (Wildman–Crippen LogP) is 0.820. The van der Waals surface area contributed by atoms with E-state index in [4.69, 9.17) is 0 Å². The van der Waals surface area contributed by atoms with Crippen LogP contribution >= 0.6 is 0 Å². The maximum atomic E-state index is 12.0. The first-order chi connectivity index (χ1) is 7.08. The number of likely N-dealkylation sites (N-methyl/N-ethyl adjacent to an activating group) is 1. The lowest BCUT2D eigenvalue weighted by Gasteiger charge is -2.20. The van der Waals surface area contributed by atoms with Gasteiger partial charge < -0.3 is 4.90 Å². The Kier molecular flexibility index (Phi) is 2.69. The fourth-order valence-electron chi connectivity index (χ4n) is 2.09. The fraction of sp³-hybridized carbons (Fsp3) is 0.727. The first kappa shape index (κ1) is 10.5. The van der Waals surface area contributed by atoms with E-state index in [1.807, 2.05) is 0 Å². The van der Waals surface area contributed by atoms with Gasteiger partial charge >= 0.3 is 0 Å². The Bertz CT molecular complexity index is 402. The molecule has 0 radical (unpaired) electrons. The highest BCUT2D eigenvalue weighted by atomic mass is 16.1. The lowest BCUT2D eigenvalue weighted by molar-refractivity contribution is 0.311. The van der Waals surface area contributed by atoms with E-state index in [0.717, 1.165) is 37.3 Å². The highest BCUT2D eigenvalue weighted by Crippen LogP contribution is 2.12. The molecule has 0 aliphatic carbocycles. The van der Waals surface area contributed by atoms with Crippen molar-refractivity contribution in [3.05, 3.63) is 21.6 Å². The van der Waals surface area contributed by atoms with Crippen LogP contribution in [-0.2, 0) is 19.5 Å². The first-order valence-corrected chi connectivity index (χ1v) is 5.57. The maximum absolute atomic E-state index is 12.0. The van der Waals surface area contributed by atoms with Gasteiger partial charge in [0.25, 0.3) is 5.56 Å². The van der Waals surface area contributed by atoms with E-state index < -0.39 is 0 Å². The molecular weight excluding hydrogens is 190 g/mol. The Hall–Kier alpha value is -1.03. The summed E-state index contributed by atoms with van der Waals surface area (Å²) in [4.78, 5) is 14.2. The van der Waals surface area contributed by atoms with Crippen LogP contribution < -0.4 is 5.56 Å². The number of hydrogen-bond acceptors (Lipinski definition) is 2. The second-order valence-electron chi connectivity index (χ2n) is 4.87. The molecule has 0 aromatic carbocycles. The van der Waals surface area contributed by atoms with Crippen LogP contribution in [0.3, 0.4) is 0 Å². The summed E-state index contributed by atoms with van der Waals surface area (Å²) in [6.07, 6.45) is 0.964. The molecule has 0 spiro atoms. The lowest BCUT2D eigenvalue weighted by atomic mass is 10.1. The molecule has 0 unspecified atom stereocenters. The van der Waals surface area contributed by atoms with Crippen molar-refractivity contribution in [3.63, 3.8) is 0 Å². The topological polar surface area (TPSA) is 41.0 Å². The first-order valence-electron chi connectivity index (χ1n) is 5.57. The van der Waals surface area contributed by atoms with E-state index in [-0.39, 0.29) is 5.56 Å². The molecule has 4 nitrogen and oxygen atoms in total. The van der Waals surface area contributed by atoms with Crippen molar-refractivity contribution < 1.29 is 0 Å². The number of nitrogens with zero attached hydrogens (tertiary/aromatic N) is 2. The highest BCUT2D eigenvalue weighted by molar-refractivity contribution is 5.20. The Morgan fingerprint density at radius 1 is 1.47 bits per heavy atom. The van der Waals surface area contributed by atoms with Crippen LogP contribution in [-0.4, -0.2) is 28.3 Å². The number of aromatic amines is 1. The van der Waals surface area contributed by atoms with Crippen LogP contribution in [0.5, 0.6) is 0 Å². The van der Waals surface area contributed by atoms with Crippen molar-refractivity contribution in [2.24, 2.45) is 5.92 Å². The number of rotatable bonds is 2. The normalized spacial score (nSPS) is 17.1. The Labute approximate surface area is 89.9 Å². The zero-order valence-electron chi connectivity index (χ0n) is 9.71. The largest absolute Gasteiger partial charge is 0.301 e. The van der Waals surface area contributed by atoms with E-state index in [2.05, 4.69) is 30.9 Å². The predicted molar refractivity (Wildman–Crippen MR) is 59.9 cm³/mol. The lowest BCUT2D eigenvalue weighted by Crippen LogP contribution is -2.30. The van der Waals surface area contributed by atoms with Gasteiger partial charge in [0.15, 0.2) is 0 Å². The summed E-state index contributed by atoms with van der Waals surface area (Å²) in [5.74, 6) is 0.500. The number of aromatic nitrogens is 2. The zero-order valence-corrected chi connectivity index (χ0v) is 9.71. The molecule has 0 bridgehead atoms. The summed E-state index contributed by atoms with van der Waals surface area (Å²) < 4.78 is 1.76. The van der Waals surface area contributed by atoms with Crippen molar-refractivity contribution in [1.82, 2.24) is 14.7 Å². The van der Waals surface area contributed by atoms with E-state index in [1.165, 1.54) is 0 Å². The molecule has 0 atom stereocenters. The second kappa shape index (κ2) is 3.85. The van der Waals surface area contributed by atoms with Crippen molar-refractivity contribution in [2.45, 2.75) is 33.4 Å². The average molecular weight is 209 g/mol. The highest BCUT2D eigenvalue weighted by Gasteiger charge is 2.20. The number of fused-ring (bicyclic) bond motifs is 1. The van der Waals surface area contributed by atoms with E-state index >= 15 is 0 Å². The standard InChI is InChI=1S/C11H19N3O/c1-8(2)6-14-11(15)9-7-13(3)5-4-10(9)12-14/h8,12H,4-7H2,1-3H3. The minimum Gasteiger partial charge on any atom is -0.301 e. The molecule has 4 heteroatoms. The molecule has 1 aliphatic heterocycles. The fourth-order valence-corrected chi connectivity index (χ4v) is 2.09. The third kappa shape index (κ3) is 2.00. The molecular formula is C11H19N3O. The van der Waals surface area contributed by atoms with Crippen LogP contribution in [0.1, 0.15) is 25.1 Å². The molecule has 1 aromatic rings. The van der Waals surface area contributed by atoms with Crippen LogP contribution in [0.4, 0.5) is 0 Å². The minimum absolute atomic E-state index is 0.172. The summed E-state index contributed by atoms with van der Waals surface area (Å²) in [5.41, 5.74) is 2.27. The molecule has 1 aliphatic rings. The molecule has 0 saturated carbocycles. The van der Waals surface area contributed by atoms with Gasteiger partial charge in [0, 0.05) is 31.7 Å². The molecule has 1 aromatic heterocycles. The number of hydrogen-bond donors (Lipinski definition) is 1. The quantitative estimate of drug-likeness (QED) is 0.783. The van der Waals surface area contributed by atoms with Gasteiger partial charge in [-0.1, -0.05) is 13.8 Å². The summed E-state index contributed by atoms with van der Waals surface area (Å²) >= 11 is 0. The van der Waals surface area contributed by atoms with Crippen LogP contribution in [0, 0.1) is 5.92 Å². The Morgan fingerprint density at radius 2 is 2.20 bits per heavy atom. The van der Waals surface area contributed by atoms with Gasteiger partial charge in [-0.3, -0.25) is 14.6 Å². The summed E-state index contributed by atoms with van der Waals surface area (Å²) in [6, 6.07) is 0. The van der Waals surface area contributed by atoms with Gasteiger partial charge in [-0.15, -0.1) is 0 Å². The van der Waals surface area contributed by atoms with Crippen LogP contribution in [0.15, 0.2) is 4.79 Å². The van der Waals surface area contributed by atoms with Gasteiger partial charge in [-0.2, -0.15) is 0 Å². The second-order valence-corrected chi connectivity index (χ2v) is 4.87. The van der Waals surface area contributed by atoms with Crippen molar-refractivity contribution >= 4 is 0 Å². The van der Waals surface area contributed by atoms with Gasteiger partial charge in [0.2, 0.25) is 0 Å². The number of nitrogens with one attached hydrogen (secondary N) is 1. The molecule has 2 rings (SSSR count). The van der Waals surface area contributed by atoms with Crippen molar-refractivity contribution in [2.75, 3.05) is 13.6 Å².